The van der Waals surface area contributed by atoms with E-state index in [-0.39, 0.29) is 5.92 Å². The minimum atomic E-state index is 0.246. The van der Waals surface area contributed by atoms with Gasteiger partial charge in [0.05, 0.1) is 6.10 Å². The molecule has 0 unspecified atom stereocenters. The van der Waals surface area contributed by atoms with Gasteiger partial charge in [-0.3, -0.25) is 0 Å². The zero-order valence-electron chi connectivity index (χ0n) is 7.25. The minimum absolute atomic E-state index is 0.246. The molecule has 1 saturated heterocycles. The zero-order chi connectivity index (χ0) is 8.27. The second-order valence-corrected chi connectivity index (χ2v) is 3.57. The number of ether oxygens (including phenoxy) is 1. The average molecular weight is 156 g/mol. The summed E-state index contributed by atoms with van der Waals surface area (Å²) >= 11 is 0. The molecular weight excluding hydrogens is 140 g/mol. The summed E-state index contributed by atoms with van der Waals surface area (Å²) in [5.74, 6) is 0.786. The second kappa shape index (κ2) is 3.86. The van der Waals surface area contributed by atoms with Gasteiger partial charge in [-0.25, -0.2) is 0 Å². The molecule has 1 rings (SSSR count). The maximum atomic E-state index is 10.5. The first-order valence-electron chi connectivity index (χ1n) is 4.31. The largest absolute Gasteiger partial charge is 0.378 e. The normalized spacial score (nSPS) is 32.3. The smallest absolute Gasteiger partial charge is 0.123 e. The van der Waals surface area contributed by atoms with Crippen LogP contribution in [0.2, 0.25) is 0 Å². The maximum absolute atomic E-state index is 10.5. The summed E-state index contributed by atoms with van der Waals surface area (Å²) in [7, 11) is 0. The van der Waals surface area contributed by atoms with Gasteiger partial charge in [0, 0.05) is 12.5 Å². The predicted molar refractivity (Wildman–Crippen MR) is 43.4 cm³/mol. The number of hydrogen-bond acceptors (Lipinski definition) is 2. The standard InChI is InChI=1S/C9H16O2/c1-7(2)9-5-8(6-10)3-4-11-9/h6-9H,3-5H2,1-2H3/t8-,9-/m1/s1. The van der Waals surface area contributed by atoms with Crippen LogP contribution in [0.4, 0.5) is 0 Å². The molecule has 1 aliphatic rings. The van der Waals surface area contributed by atoms with Gasteiger partial charge in [0.1, 0.15) is 6.29 Å². The van der Waals surface area contributed by atoms with Crippen molar-refractivity contribution in [1.29, 1.82) is 0 Å². The number of hydrogen-bond donors (Lipinski definition) is 0. The molecule has 0 aromatic heterocycles. The number of carbonyl (C=O) groups is 1. The van der Waals surface area contributed by atoms with Crippen LogP contribution in [0.15, 0.2) is 0 Å². The van der Waals surface area contributed by atoms with E-state index in [1.165, 1.54) is 0 Å². The van der Waals surface area contributed by atoms with Crippen molar-refractivity contribution in [3.8, 4) is 0 Å². The summed E-state index contributed by atoms with van der Waals surface area (Å²) in [6.07, 6.45) is 3.20. The van der Waals surface area contributed by atoms with E-state index in [2.05, 4.69) is 13.8 Å². The van der Waals surface area contributed by atoms with Crippen LogP contribution in [-0.2, 0) is 9.53 Å². The van der Waals surface area contributed by atoms with Gasteiger partial charge in [0.2, 0.25) is 0 Å². The van der Waals surface area contributed by atoms with Crippen LogP contribution in [0.25, 0.3) is 0 Å². The molecule has 64 valence electrons. The molecule has 0 spiro atoms. The molecular formula is C9H16O2. The van der Waals surface area contributed by atoms with E-state index in [1.54, 1.807) is 0 Å². The highest BCUT2D eigenvalue weighted by molar-refractivity contribution is 5.53. The topological polar surface area (TPSA) is 26.3 Å². The molecule has 0 N–H and O–H groups in total. The van der Waals surface area contributed by atoms with E-state index < -0.39 is 0 Å². The molecule has 1 fully saturated rings. The Kier molecular flexibility index (Phi) is 3.06. The number of carbonyl (C=O) groups excluding carboxylic acids is 1. The first-order chi connectivity index (χ1) is 5.24. The lowest BCUT2D eigenvalue weighted by atomic mass is 9.91. The van der Waals surface area contributed by atoms with Crippen molar-refractivity contribution < 1.29 is 9.53 Å². The summed E-state index contributed by atoms with van der Waals surface area (Å²) in [5, 5.41) is 0. The monoisotopic (exact) mass is 156 g/mol. The molecule has 11 heavy (non-hydrogen) atoms. The Labute approximate surface area is 67.9 Å². The molecule has 2 atom stereocenters. The van der Waals surface area contributed by atoms with Crippen LogP contribution >= 0.6 is 0 Å². The quantitative estimate of drug-likeness (QED) is 0.568. The molecule has 0 amide bonds. The fourth-order valence-electron chi connectivity index (χ4n) is 1.44. The van der Waals surface area contributed by atoms with Crippen molar-refractivity contribution >= 4 is 6.29 Å². The summed E-state index contributed by atoms with van der Waals surface area (Å²) in [6.45, 7) is 5.03. The van der Waals surface area contributed by atoms with Gasteiger partial charge in [-0.05, 0) is 18.8 Å². The Morgan fingerprint density at radius 3 is 2.82 bits per heavy atom. The molecule has 0 aromatic carbocycles. The maximum Gasteiger partial charge on any atom is 0.123 e. The third-order valence-corrected chi connectivity index (χ3v) is 2.29. The third kappa shape index (κ3) is 2.29. The Bertz CT molecular complexity index is 132. The fourth-order valence-corrected chi connectivity index (χ4v) is 1.44. The van der Waals surface area contributed by atoms with Crippen LogP contribution in [0.1, 0.15) is 26.7 Å². The van der Waals surface area contributed by atoms with Crippen LogP contribution in [0.3, 0.4) is 0 Å². The molecule has 0 radical (unpaired) electrons. The zero-order valence-corrected chi connectivity index (χ0v) is 7.25. The molecule has 0 aliphatic carbocycles. The lowest BCUT2D eigenvalue weighted by Gasteiger charge is -2.29. The van der Waals surface area contributed by atoms with Crippen LogP contribution in [0, 0.1) is 11.8 Å². The number of aldehydes is 1. The van der Waals surface area contributed by atoms with Crippen LogP contribution < -0.4 is 0 Å². The van der Waals surface area contributed by atoms with Gasteiger partial charge in [-0.15, -0.1) is 0 Å². The van der Waals surface area contributed by atoms with Crippen LogP contribution in [0.5, 0.6) is 0 Å². The Balaban J connectivity index is 2.39. The highest BCUT2D eigenvalue weighted by atomic mass is 16.5. The van der Waals surface area contributed by atoms with E-state index in [0.29, 0.717) is 12.0 Å². The van der Waals surface area contributed by atoms with E-state index in [9.17, 15) is 4.79 Å². The summed E-state index contributed by atoms with van der Waals surface area (Å²) in [4.78, 5) is 10.5. The molecule has 1 aliphatic heterocycles. The van der Waals surface area contributed by atoms with Crippen LogP contribution in [-0.4, -0.2) is 19.0 Å². The Morgan fingerprint density at radius 1 is 1.55 bits per heavy atom. The summed E-state index contributed by atoms with van der Waals surface area (Å²) in [6, 6.07) is 0. The molecule has 1 heterocycles. The molecule has 0 bridgehead atoms. The van der Waals surface area contributed by atoms with Gasteiger partial charge >= 0.3 is 0 Å². The minimum Gasteiger partial charge on any atom is -0.378 e. The summed E-state index contributed by atoms with van der Waals surface area (Å²) in [5.41, 5.74) is 0. The van der Waals surface area contributed by atoms with Gasteiger partial charge in [-0.2, -0.15) is 0 Å². The fraction of sp³-hybridized carbons (Fsp3) is 0.889. The molecule has 0 saturated carbocycles. The second-order valence-electron chi connectivity index (χ2n) is 3.57. The van der Waals surface area contributed by atoms with Gasteiger partial charge < -0.3 is 9.53 Å². The van der Waals surface area contributed by atoms with Crippen molar-refractivity contribution in [2.75, 3.05) is 6.61 Å². The van der Waals surface area contributed by atoms with Crippen molar-refractivity contribution in [3.05, 3.63) is 0 Å². The molecule has 2 nitrogen and oxygen atoms in total. The van der Waals surface area contributed by atoms with E-state index >= 15 is 0 Å². The predicted octanol–water partition coefficient (Wildman–Crippen LogP) is 1.64. The lowest BCUT2D eigenvalue weighted by molar-refractivity contribution is -0.117. The van der Waals surface area contributed by atoms with E-state index in [4.69, 9.17) is 4.74 Å². The Hall–Kier alpha value is -0.370. The molecule has 2 heteroatoms. The number of rotatable bonds is 2. The first kappa shape index (κ1) is 8.72. The first-order valence-corrected chi connectivity index (χ1v) is 4.31. The SMILES string of the molecule is CC(C)[C@H]1C[C@H](C=O)CCO1. The Morgan fingerprint density at radius 2 is 2.27 bits per heavy atom. The summed E-state index contributed by atoms with van der Waals surface area (Å²) < 4.78 is 5.51. The highest BCUT2D eigenvalue weighted by Gasteiger charge is 2.23. The highest BCUT2D eigenvalue weighted by Crippen LogP contribution is 2.23. The van der Waals surface area contributed by atoms with Crippen molar-refractivity contribution in [1.82, 2.24) is 0 Å². The van der Waals surface area contributed by atoms with Gasteiger partial charge in [0.15, 0.2) is 0 Å². The van der Waals surface area contributed by atoms with E-state index in [0.717, 1.165) is 25.7 Å². The molecule has 0 aromatic rings. The van der Waals surface area contributed by atoms with Gasteiger partial charge in [-0.1, -0.05) is 13.8 Å². The van der Waals surface area contributed by atoms with Crippen molar-refractivity contribution in [2.24, 2.45) is 11.8 Å². The average Bonchev–Trinajstić information content (AvgIpc) is 2.05. The van der Waals surface area contributed by atoms with Crippen molar-refractivity contribution in [2.45, 2.75) is 32.8 Å². The van der Waals surface area contributed by atoms with Gasteiger partial charge in [0.25, 0.3) is 0 Å². The lowest BCUT2D eigenvalue weighted by Crippen LogP contribution is -2.30. The third-order valence-electron chi connectivity index (χ3n) is 2.29. The van der Waals surface area contributed by atoms with E-state index in [1.807, 2.05) is 0 Å². The van der Waals surface area contributed by atoms with Crippen molar-refractivity contribution in [3.63, 3.8) is 0 Å².